The molecule has 2 aliphatic heterocycles. The summed E-state index contributed by atoms with van der Waals surface area (Å²) in [7, 11) is 0. The average molecular weight is 581 g/mol. The molecule has 2 N–H and O–H groups in total. The van der Waals surface area contributed by atoms with Gasteiger partial charge >= 0.3 is 5.97 Å². The zero-order valence-electron chi connectivity index (χ0n) is 22.2. The highest BCUT2D eigenvalue weighted by atomic mass is 35.5. The first-order valence-corrected chi connectivity index (χ1v) is 14.7. The maximum atomic E-state index is 11.7. The fraction of sp³-hybridized carbons (Fsp3) is 0.607. The number of likely N-dealkylation sites (tertiary alicyclic amines) is 1. The van der Waals surface area contributed by atoms with E-state index in [4.69, 9.17) is 44.8 Å². The Morgan fingerprint density at radius 3 is 2.63 bits per heavy atom. The molecule has 1 aromatic heterocycles. The van der Waals surface area contributed by atoms with Crippen molar-refractivity contribution in [2.45, 2.75) is 77.4 Å². The molecule has 1 saturated carbocycles. The molecule has 3 heterocycles. The van der Waals surface area contributed by atoms with Crippen LogP contribution in [-0.4, -0.2) is 57.7 Å². The summed E-state index contributed by atoms with van der Waals surface area (Å²) in [6, 6.07) is 6.20. The highest BCUT2D eigenvalue weighted by Gasteiger charge is 2.51. The number of aryl methyl sites for hydroxylation is 1. The minimum atomic E-state index is -0.665. The van der Waals surface area contributed by atoms with Crippen LogP contribution < -0.4 is 10.2 Å². The van der Waals surface area contributed by atoms with Gasteiger partial charge in [0.15, 0.2) is 5.82 Å². The van der Waals surface area contributed by atoms with E-state index < -0.39 is 11.4 Å². The summed E-state index contributed by atoms with van der Waals surface area (Å²) >= 11 is 19.1. The van der Waals surface area contributed by atoms with Crippen molar-refractivity contribution in [1.29, 1.82) is 0 Å². The molecule has 2 unspecified atom stereocenters. The predicted molar refractivity (Wildman–Crippen MR) is 154 cm³/mol. The first-order valence-electron chi connectivity index (χ1n) is 13.6. The first-order chi connectivity index (χ1) is 18.1. The van der Waals surface area contributed by atoms with Gasteiger partial charge < -0.3 is 15.3 Å². The first kappa shape index (κ1) is 27.8. The van der Waals surface area contributed by atoms with Gasteiger partial charge in [-0.25, -0.2) is 4.98 Å². The number of aliphatic carboxylic acids is 1. The van der Waals surface area contributed by atoms with E-state index in [0.29, 0.717) is 44.8 Å². The van der Waals surface area contributed by atoms with E-state index in [1.165, 1.54) is 19.3 Å². The van der Waals surface area contributed by atoms with Crippen molar-refractivity contribution >= 4 is 52.5 Å². The van der Waals surface area contributed by atoms with Crippen molar-refractivity contribution in [3.63, 3.8) is 0 Å². The summed E-state index contributed by atoms with van der Waals surface area (Å²) in [5.41, 5.74) is 1.08. The van der Waals surface area contributed by atoms with Crippen LogP contribution in [0.15, 0.2) is 18.2 Å². The van der Waals surface area contributed by atoms with Gasteiger partial charge in [-0.05, 0) is 83.0 Å². The Morgan fingerprint density at radius 2 is 1.92 bits per heavy atom. The van der Waals surface area contributed by atoms with Gasteiger partial charge in [-0.2, -0.15) is 4.98 Å². The number of rotatable bonds is 7. The summed E-state index contributed by atoms with van der Waals surface area (Å²) < 4.78 is 0. The molecule has 206 valence electrons. The van der Waals surface area contributed by atoms with E-state index in [1.54, 1.807) is 6.07 Å². The lowest BCUT2D eigenvalue weighted by atomic mass is 9.65. The molecular weight excluding hydrogens is 545 g/mol. The van der Waals surface area contributed by atoms with Crippen molar-refractivity contribution in [3.8, 4) is 0 Å². The number of hydrogen-bond donors (Lipinski definition) is 2. The molecule has 1 aliphatic carbocycles. The minimum Gasteiger partial charge on any atom is -0.481 e. The van der Waals surface area contributed by atoms with Gasteiger partial charge in [0.25, 0.3) is 0 Å². The predicted octanol–water partition coefficient (Wildman–Crippen LogP) is 6.85. The lowest BCUT2D eigenvalue weighted by Gasteiger charge is -2.52. The topological polar surface area (TPSA) is 81.6 Å². The number of nitrogens with zero attached hydrogens (tertiary/aromatic N) is 4. The van der Waals surface area contributed by atoms with Gasteiger partial charge in [-0.15, -0.1) is 0 Å². The van der Waals surface area contributed by atoms with Crippen molar-refractivity contribution in [2.75, 3.05) is 29.9 Å². The lowest BCUT2D eigenvalue weighted by molar-refractivity contribution is -0.159. The molecule has 3 fully saturated rings. The summed E-state index contributed by atoms with van der Waals surface area (Å²) in [5.74, 6) is 1.13. The largest absolute Gasteiger partial charge is 0.481 e. The van der Waals surface area contributed by atoms with Crippen LogP contribution in [0.4, 0.5) is 11.8 Å². The molecule has 0 amide bonds. The third-order valence-corrected chi connectivity index (χ3v) is 9.80. The van der Waals surface area contributed by atoms with E-state index in [9.17, 15) is 9.90 Å². The second-order valence-corrected chi connectivity index (χ2v) is 12.7. The second kappa shape index (κ2) is 11.0. The number of piperidine rings is 1. The van der Waals surface area contributed by atoms with Gasteiger partial charge in [0.2, 0.25) is 5.95 Å². The molecule has 1 aromatic carbocycles. The quantitative estimate of drug-likeness (QED) is 0.370. The molecule has 3 aliphatic rings. The number of halogens is 3. The normalized spacial score (nSPS) is 28.7. The minimum absolute atomic E-state index is 0.125. The third kappa shape index (κ3) is 5.45. The maximum absolute atomic E-state index is 11.7. The van der Waals surface area contributed by atoms with Crippen LogP contribution in [0.25, 0.3) is 0 Å². The molecular formula is C28H36Cl3N5O2. The van der Waals surface area contributed by atoms with Gasteiger partial charge in [0, 0.05) is 35.2 Å². The van der Waals surface area contributed by atoms with Gasteiger partial charge in [0.1, 0.15) is 5.02 Å². The van der Waals surface area contributed by atoms with E-state index in [1.807, 2.05) is 32.9 Å². The van der Waals surface area contributed by atoms with Crippen molar-refractivity contribution in [2.24, 2.45) is 11.3 Å². The number of carbonyl (C=O) groups is 1. The summed E-state index contributed by atoms with van der Waals surface area (Å²) in [4.78, 5) is 26.2. The van der Waals surface area contributed by atoms with Crippen molar-refractivity contribution in [1.82, 2.24) is 14.9 Å². The molecule has 0 radical (unpaired) electrons. The van der Waals surface area contributed by atoms with Crippen LogP contribution in [0.1, 0.15) is 69.7 Å². The number of benzene rings is 1. The zero-order valence-corrected chi connectivity index (χ0v) is 24.5. The van der Waals surface area contributed by atoms with Gasteiger partial charge in [-0.3, -0.25) is 9.69 Å². The Hall–Kier alpha value is -1.80. The van der Waals surface area contributed by atoms with Crippen LogP contribution in [0.3, 0.4) is 0 Å². The molecule has 7 nitrogen and oxygen atoms in total. The summed E-state index contributed by atoms with van der Waals surface area (Å²) in [6.07, 6.45) is 6.17. The number of carboxylic acid groups (broad SMARTS) is 1. The highest BCUT2D eigenvalue weighted by molar-refractivity contribution is 6.35. The Bertz CT molecular complexity index is 1210. The number of nitrogens with one attached hydrogen (secondary N) is 1. The molecule has 2 aromatic rings. The Morgan fingerprint density at radius 1 is 1.16 bits per heavy atom. The third-order valence-electron chi connectivity index (χ3n) is 8.79. The number of carboxylic acids is 1. The van der Waals surface area contributed by atoms with Crippen LogP contribution in [-0.2, 0) is 4.79 Å². The number of hydrogen-bond acceptors (Lipinski definition) is 6. The Balaban J connectivity index is 1.29. The fourth-order valence-corrected chi connectivity index (χ4v) is 7.24. The van der Waals surface area contributed by atoms with E-state index in [-0.39, 0.29) is 6.04 Å². The van der Waals surface area contributed by atoms with Crippen LogP contribution in [0.2, 0.25) is 15.1 Å². The van der Waals surface area contributed by atoms with Gasteiger partial charge in [0.05, 0.1) is 17.2 Å². The molecule has 10 heteroatoms. The molecule has 0 bridgehead atoms. The van der Waals surface area contributed by atoms with Crippen molar-refractivity contribution < 1.29 is 9.90 Å². The fourth-order valence-electron chi connectivity index (χ4n) is 6.53. The standard InChI is InChI=1S/C28H36Cl3N5O2/c1-16(21-8-7-19(29)12-22(21)30)32-25-24(31)17(2)33-27(34-25)35-11-9-18(15-35)23-6-4-5-10-36(23)20-13-28(3,14-20)26(37)38/h7-8,12,16,18,20,23H,4-6,9-11,13-15H2,1-3H3,(H,37,38)(H,32,33,34)/t16-,18?,20?,23?,28?/m1/s1. The van der Waals surface area contributed by atoms with E-state index in [0.717, 1.165) is 50.2 Å². The smallest absolute Gasteiger partial charge is 0.309 e. The van der Waals surface area contributed by atoms with Crippen molar-refractivity contribution in [3.05, 3.63) is 44.5 Å². The van der Waals surface area contributed by atoms with E-state index in [2.05, 4.69) is 15.1 Å². The average Bonchev–Trinajstić information content (AvgIpc) is 3.34. The number of aromatic nitrogens is 2. The SMILES string of the molecule is Cc1nc(N2CCC(C3CCCCN3C3CC(C)(C(=O)O)C3)C2)nc(N[C@H](C)c2ccc(Cl)cc2Cl)c1Cl. The Labute approximate surface area is 239 Å². The molecule has 3 atom stereocenters. The number of anilines is 2. The van der Waals surface area contributed by atoms with Crippen LogP contribution in [0.5, 0.6) is 0 Å². The molecule has 38 heavy (non-hydrogen) atoms. The summed E-state index contributed by atoms with van der Waals surface area (Å²) in [6.45, 7) is 8.66. The molecule has 0 spiro atoms. The maximum Gasteiger partial charge on any atom is 0.309 e. The monoisotopic (exact) mass is 579 g/mol. The van der Waals surface area contributed by atoms with Crippen LogP contribution in [0, 0.1) is 18.3 Å². The second-order valence-electron chi connectivity index (χ2n) is 11.5. The summed E-state index contributed by atoms with van der Waals surface area (Å²) in [5, 5.41) is 14.7. The Kier molecular flexibility index (Phi) is 8.03. The van der Waals surface area contributed by atoms with Crippen LogP contribution >= 0.6 is 34.8 Å². The lowest BCUT2D eigenvalue weighted by Crippen LogP contribution is -2.58. The molecule has 2 saturated heterocycles. The van der Waals surface area contributed by atoms with Gasteiger partial charge in [-0.1, -0.05) is 47.3 Å². The van der Waals surface area contributed by atoms with E-state index >= 15 is 0 Å². The highest BCUT2D eigenvalue weighted by Crippen LogP contribution is 2.46. The zero-order chi connectivity index (χ0) is 27.2. The molecule has 5 rings (SSSR count).